The summed E-state index contributed by atoms with van der Waals surface area (Å²) in [6.07, 6.45) is 2.50. The van der Waals surface area contributed by atoms with Crippen LogP contribution in [0.25, 0.3) is 11.1 Å². The highest BCUT2D eigenvalue weighted by atomic mass is 35.5. The Balaban J connectivity index is 1.93. The summed E-state index contributed by atoms with van der Waals surface area (Å²) in [5.41, 5.74) is 8.03. The van der Waals surface area contributed by atoms with Gasteiger partial charge in [-0.2, -0.15) is 4.39 Å². The van der Waals surface area contributed by atoms with Crippen LogP contribution in [0.5, 0.6) is 0 Å². The van der Waals surface area contributed by atoms with E-state index in [1.54, 1.807) is 12.1 Å². The SMILES string of the molecule is Nc1c(NCC2CC2)ccc(-c2ccc(Cl)nc2F)c1Cl. The van der Waals surface area contributed by atoms with Crippen LogP contribution < -0.4 is 11.1 Å². The van der Waals surface area contributed by atoms with E-state index in [1.165, 1.54) is 18.9 Å². The smallest absolute Gasteiger partial charge is 0.222 e. The summed E-state index contributed by atoms with van der Waals surface area (Å²) in [6.45, 7) is 0.886. The third kappa shape index (κ3) is 3.06. The van der Waals surface area contributed by atoms with E-state index in [4.69, 9.17) is 28.9 Å². The van der Waals surface area contributed by atoms with Crippen molar-refractivity contribution >= 4 is 34.6 Å². The number of rotatable bonds is 4. The zero-order chi connectivity index (χ0) is 15.0. The topological polar surface area (TPSA) is 50.9 Å². The Hall–Kier alpha value is -1.52. The molecule has 6 heteroatoms. The molecular weight excluding hydrogens is 312 g/mol. The number of hydrogen-bond donors (Lipinski definition) is 2. The summed E-state index contributed by atoms with van der Waals surface area (Å²) in [5.74, 6) is 0.0586. The van der Waals surface area contributed by atoms with Gasteiger partial charge in [-0.05, 0) is 37.0 Å². The molecule has 21 heavy (non-hydrogen) atoms. The van der Waals surface area contributed by atoms with Crippen LogP contribution in [0.15, 0.2) is 24.3 Å². The van der Waals surface area contributed by atoms with Crippen molar-refractivity contribution in [2.75, 3.05) is 17.6 Å². The van der Waals surface area contributed by atoms with Crippen molar-refractivity contribution in [1.82, 2.24) is 4.98 Å². The molecule has 0 radical (unpaired) electrons. The molecule has 0 saturated heterocycles. The van der Waals surface area contributed by atoms with Crippen LogP contribution in [0.1, 0.15) is 12.8 Å². The largest absolute Gasteiger partial charge is 0.396 e. The first-order valence-corrected chi connectivity index (χ1v) is 7.46. The maximum atomic E-state index is 13.9. The number of pyridine rings is 1. The lowest BCUT2D eigenvalue weighted by Crippen LogP contribution is -2.06. The molecule has 0 unspecified atom stereocenters. The number of nitrogens with one attached hydrogen (secondary N) is 1. The van der Waals surface area contributed by atoms with Crippen LogP contribution in [0, 0.1) is 11.9 Å². The molecule has 2 aromatic rings. The summed E-state index contributed by atoms with van der Waals surface area (Å²) >= 11 is 11.9. The van der Waals surface area contributed by atoms with Crippen molar-refractivity contribution in [3.63, 3.8) is 0 Å². The third-order valence-corrected chi connectivity index (χ3v) is 4.18. The molecule has 0 aliphatic heterocycles. The fraction of sp³-hybridized carbons (Fsp3) is 0.267. The molecule has 110 valence electrons. The second-order valence-electron chi connectivity index (χ2n) is 5.18. The predicted molar refractivity (Wildman–Crippen MR) is 85.3 cm³/mol. The van der Waals surface area contributed by atoms with Gasteiger partial charge in [0.1, 0.15) is 5.15 Å². The van der Waals surface area contributed by atoms with Crippen molar-refractivity contribution in [3.05, 3.63) is 40.4 Å². The Morgan fingerprint density at radius 2 is 1.90 bits per heavy atom. The Morgan fingerprint density at radius 1 is 1.19 bits per heavy atom. The molecule has 1 aliphatic rings. The number of hydrogen-bond acceptors (Lipinski definition) is 3. The van der Waals surface area contributed by atoms with E-state index in [-0.39, 0.29) is 10.7 Å². The summed E-state index contributed by atoms with van der Waals surface area (Å²) < 4.78 is 13.9. The van der Waals surface area contributed by atoms with E-state index < -0.39 is 5.95 Å². The molecule has 0 spiro atoms. The van der Waals surface area contributed by atoms with E-state index in [1.807, 2.05) is 6.07 Å². The van der Waals surface area contributed by atoms with Crippen LogP contribution >= 0.6 is 23.2 Å². The van der Waals surface area contributed by atoms with Crippen molar-refractivity contribution in [3.8, 4) is 11.1 Å². The summed E-state index contributed by atoms with van der Waals surface area (Å²) in [7, 11) is 0. The molecule has 3 nitrogen and oxygen atoms in total. The van der Waals surface area contributed by atoms with Gasteiger partial charge in [-0.15, -0.1) is 0 Å². The molecular formula is C15H14Cl2FN3. The maximum Gasteiger partial charge on any atom is 0.222 e. The Labute approximate surface area is 132 Å². The summed E-state index contributed by atoms with van der Waals surface area (Å²) in [4.78, 5) is 3.59. The number of benzene rings is 1. The highest BCUT2D eigenvalue weighted by Gasteiger charge is 2.21. The van der Waals surface area contributed by atoms with Crippen molar-refractivity contribution in [2.45, 2.75) is 12.8 Å². The lowest BCUT2D eigenvalue weighted by molar-refractivity contribution is 0.588. The first kappa shape index (κ1) is 14.4. The van der Waals surface area contributed by atoms with Gasteiger partial charge in [-0.25, -0.2) is 4.98 Å². The van der Waals surface area contributed by atoms with Gasteiger partial charge < -0.3 is 11.1 Å². The van der Waals surface area contributed by atoms with Gasteiger partial charge >= 0.3 is 0 Å². The second-order valence-corrected chi connectivity index (χ2v) is 5.95. The van der Waals surface area contributed by atoms with Crippen molar-refractivity contribution in [2.24, 2.45) is 5.92 Å². The van der Waals surface area contributed by atoms with Gasteiger partial charge in [0.2, 0.25) is 5.95 Å². The van der Waals surface area contributed by atoms with E-state index >= 15 is 0 Å². The fourth-order valence-electron chi connectivity index (χ4n) is 2.14. The minimum Gasteiger partial charge on any atom is -0.396 e. The monoisotopic (exact) mass is 325 g/mol. The van der Waals surface area contributed by atoms with Crippen molar-refractivity contribution < 1.29 is 4.39 Å². The van der Waals surface area contributed by atoms with Gasteiger partial charge in [0, 0.05) is 17.7 Å². The summed E-state index contributed by atoms with van der Waals surface area (Å²) in [5, 5.41) is 3.70. The van der Waals surface area contributed by atoms with Crippen LogP contribution in [0.2, 0.25) is 10.2 Å². The van der Waals surface area contributed by atoms with E-state index in [0.717, 1.165) is 18.2 Å². The molecule has 1 heterocycles. The van der Waals surface area contributed by atoms with Crippen LogP contribution in [0.4, 0.5) is 15.8 Å². The van der Waals surface area contributed by atoms with Gasteiger partial charge in [0.15, 0.2) is 0 Å². The van der Waals surface area contributed by atoms with Crippen LogP contribution in [0.3, 0.4) is 0 Å². The fourth-order valence-corrected chi connectivity index (χ4v) is 2.55. The Bertz CT molecular complexity index is 687. The standard InChI is InChI=1S/C15H14Cl2FN3/c16-12-6-4-10(15(18)21-12)9-3-5-11(14(19)13(9)17)20-7-8-1-2-8/h3-6,8,20H,1-2,7,19H2. The molecule has 1 saturated carbocycles. The minimum atomic E-state index is -0.664. The number of nitrogens with two attached hydrogens (primary N) is 1. The number of nitrogen functional groups attached to an aromatic ring is 1. The zero-order valence-corrected chi connectivity index (χ0v) is 12.7. The molecule has 1 aliphatic carbocycles. The van der Waals surface area contributed by atoms with Gasteiger partial charge in [0.05, 0.1) is 16.4 Å². The first-order valence-electron chi connectivity index (χ1n) is 6.70. The number of anilines is 2. The number of nitrogens with zero attached hydrogens (tertiary/aromatic N) is 1. The first-order chi connectivity index (χ1) is 10.1. The lowest BCUT2D eigenvalue weighted by atomic mass is 10.1. The zero-order valence-electron chi connectivity index (χ0n) is 11.2. The van der Waals surface area contributed by atoms with E-state index in [0.29, 0.717) is 16.3 Å². The highest BCUT2D eigenvalue weighted by molar-refractivity contribution is 6.36. The molecule has 3 rings (SSSR count). The van der Waals surface area contributed by atoms with E-state index in [2.05, 4.69) is 10.3 Å². The van der Waals surface area contributed by atoms with Crippen LogP contribution in [-0.2, 0) is 0 Å². The molecule has 1 fully saturated rings. The minimum absolute atomic E-state index is 0.100. The average molecular weight is 326 g/mol. The third-order valence-electron chi connectivity index (χ3n) is 3.56. The summed E-state index contributed by atoms with van der Waals surface area (Å²) in [6, 6.07) is 6.61. The molecule has 3 N–H and O–H groups in total. The molecule has 0 amide bonds. The van der Waals surface area contributed by atoms with Gasteiger partial charge in [-0.3, -0.25) is 0 Å². The average Bonchev–Trinajstić information content (AvgIpc) is 3.26. The highest BCUT2D eigenvalue weighted by Crippen LogP contribution is 2.38. The van der Waals surface area contributed by atoms with Crippen molar-refractivity contribution in [1.29, 1.82) is 0 Å². The van der Waals surface area contributed by atoms with Gasteiger partial charge in [0.25, 0.3) is 0 Å². The lowest BCUT2D eigenvalue weighted by Gasteiger charge is -2.13. The predicted octanol–water partition coefficient (Wildman–Crippen LogP) is 4.60. The normalized spacial score (nSPS) is 14.2. The maximum absolute atomic E-state index is 13.9. The Morgan fingerprint density at radius 3 is 2.57 bits per heavy atom. The molecule has 1 aromatic carbocycles. The quantitative estimate of drug-likeness (QED) is 0.638. The van der Waals surface area contributed by atoms with E-state index in [9.17, 15) is 4.39 Å². The molecule has 0 bridgehead atoms. The molecule has 1 aromatic heterocycles. The molecule has 0 atom stereocenters. The number of aromatic nitrogens is 1. The second kappa shape index (κ2) is 5.70. The Kier molecular flexibility index (Phi) is 3.91. The number of halogens is 3. The van der Waals surface area contributed by atoms with Gasteiger partial charge in [-0.1, -0.05) is 29.3 Å². The van der Waals surface area contributed by atoms with Crippen LogP contribution in [-0.4, -0.2) is 11.5 Å².